The molecule has 138 valence electrons. The number of fused-ring (bicyclic) bond motifs is 1. The molecule has 2 heterocycles. The number of hydrogen-bond acceptors (Lipinski definition) is 4. The fourth-order valence-corrected chi connectivity index (χ4v) is 3.87. The molecule has 0 radical (unpaired) electrons. The highest BCUT2D eigenvalue weighted by Gasteiger charge is 2.28. The summed E-state index contributed by atoms with van der Waals surface area (Å²) in [7, 11) is 1.91. The van der Waals surface area contributed by atoms with Crippen LogP contribution in [0.4, 0.5) is 15.1 Å². The predicted molar refractivity (Wildman–Crippen MR) is 95.4 cm³/mol. The van der Waals surface area contributed by atoms with Crippen LogP contribution in [0.3, 0.4) is 0 Å². The number of halogens is 1. The number of rotatable bonds is 2. The Hall–Kier alpha value is -2.64. The molecule has 1 atom stereocenters. The Labute approximate surface area is 151 Å². The lowest BCUT2D eigenvalue weighted by molar-refractivity contribution is 0.188. The first-order valence-corrected chi connectivity index (χ1v) is 9.05. The van der Waals surface area contributed by atoms with Crippen molar-refractivity contribution in [1.82, 2.24) is 25.0 Å². The maximum atomic E-state index is 14.0. The van der Waals surface area contributed by atoms with Gasteiger partial charge in [0.1, 0.15) is 12.1 Å². The molecule has 1 unspecified atom stereocenters. The fourth-order valence-electron chi connectivity index (χ4n) is 3.87. The molecule has 7 nitrogen and oxygen atoms in total. The van der Waals surface area contributed by atoms with Crippen molar-refractivity contribution in [3.8, 4) is 0 Å². The minimum Gasteiger partial charge on any atom is -0.337 e. The van der Waals surface area contributed by atoms with E-state index in [1.54, 1.807) is 12.4 Å². The van der Waals surface area contributed by atoms with Gasteiger partial charge in [-0.25, -0.2) is 9.18 Å². The minimum atomic E-state index is -0.168. The first kappa shape index (κ1) is 16.8. The fraction of sp³-hybridized carbons (Fsp3) is 0.500. The summed E-state index contributed by atoms with van der Waals surface area (Å²) in [4.78, 5) is 16.6. The number of nitrogens with one attached hydrogen (secondary N) is 1. The standard InChI is InChI=1S/C18H23FN6O/c1-23-12-20-22-17(23)24-8-10-25(11-9-24)18(26)21-16-7-3-4-13-14(16)5-2-6-15(13)19/h2,5-6,12,16H,3-4,7-11H2,1H3,(H,21,26). The number of piperazine rings is 1. The second-order valence-electron chi connectivity index (χ2n) is 6.92. The average Bonchev–Trinajstić information content (AvgIpc) is 3.09. The van der Waals surface area contributed by atoms with Crippen molar-refractivity contribution in [2.75, 3.05) is 31.1 Å². The zero-order chi connectivity index (χ0) is 18.1. The van der Waals surface area contributed by atoms with Crippen molar-refractivity contribution >= 4 is 12.0 Å². The van der Waals surface area contributed by atoms with Crippen LogP contribution in [0.5, 0.6) is 0 Å². The van der Waals surface area contributed by atoms with E-state index in [-0.39, 0.29) is 17.9 Å². The van der Waals surface area contributed by atoms with Gasteiger partial charge in [-0.3, -0.25) is 0 Å². The number of benzene rings is 1. The van der Waals surface area contributed by atoms with Gasteiger partial charge in [-0.05, 0) is 36.5 Å². The Kier molecular flexibility index (Phi) is 4.48. The summed E-state index contributed by atoms with van der Waals surface area (Å²) in [6, 6.07) is 4.95. The molecule has 1 aromatic carbocycles. The molecule has 1 aliphatic carbocycles. The number of hydrogen-bond donors (Lipinski definition) is 1. The zero-order valence-electron chi connectivity index (χ0n) is 14.9. The second-order valence-corrected chi connectivity index (χ2v) is 6.92. The Morgan fingerprint density at radius 3 is 2.81 bits per heavy atom. The van der Waals surface area contributed by atoms with Crippen LogP contribution in [0.2, 0.25) is 0 Å². The first-order chi connectivity index (χ1) is 12.6. The number of aryl methyl sites for hydroxylation is 1. The van der Waals surface area contributed by atoms with Crippen LogP contribution in [-0.2, 0) is 13.5 Å². The summed E-state index contributed by atoms with van der Waals surface area (Å²) < 4.78 is 15.9. The number of carbonyl (C=O) groups is 1. The van der Waals surface area contributed by atoms with Gasteiger partial charge in [-0.1, -0.05) is 12.1 Å². The van der Waals surface area contributed by atoms with Crippen LogP contribution in [0.25, 0.3) is 0 Å². The Morgan fingerprint density at radius 2 is 2.08 bits per heavy atom. The molecular weight excluding hydrogens is 335 g/mol. The van der Waals surface area contributed by atoms with Gasteiger partial charge >= 0.3 is 6.03 Å². The van der Waals surface area contributed by atoms with E-state index in [9.17, 15) is 9.18 Å². The lowest BCUT2D eigenvalue weighted by Crippen LogP contribution is -2.53. The number of anilines is 1. The van der Waals surface area contributed by atoms with Gasteiger partial charge in [0, 0.05) is 33.2 Å². The Balaban J connectivity index is 1.38. The number of nitrogens with zero attached hydrogens (tertiary/aromatic N) is 5. The van der Waals surface area contributed by atoms with Crippen molar-refractivity contribution < 1.29 is 9.18 Å². The molecule has 2 aliphatic rings. The van der Waals surface area contributed by atoms with E-state index in [0.29, 0.717) is 13.1 Å². The maximum absolute atomic E-state index is 14.0. The molecule has 26 heavy (non-hydrogen) atoms. The van der Waals surface area contributed by atoms with Gasteiger partial charge in [-0.2, -0.15) is 0 Å². The normalized spacial score (nSPS) is 20.0. The van der Waals surface area contributed by atoms with Crippen molar-refractivity contribution in [2.45, 2.75) is 25.3 Å². The SMILES string of the molecule is Cn1cnnc1N1CCN(C(=O)NC2CCCc3c(F)cccc32)CC1. The molecule has 8 heteroatoms. The topological polar surface area (TPSA) is 66.3 Å². The molecule has 0 spiro atoms. The van der Waals surface area contributed by atoms with Gasteiger partial charge in [0.25, 0.3) is 0 Å². The zero-order valence-corrected chi connectivity index (χ0v) is 14.9. The molecule has 1 N–H and O–H groups in total. The molecule has 2 amide bonds. The van der Waals surface area contributed by atoms with E-state index in [0.717, 1.165) is 49.4 Å². The van der Waals surface area contributed by atoms with E-state index >= 15 is 0 Å². The van der Waals surface area contributed by atoms with E-state index in [4.69, 9.17) is 0 Å². The number of carbonyl (C=O) groups excluding carboxylic acids is 1. The van der Waals surface area contributed by atoms with Gasteiger partial charge in [0.05, 0.1) is 6.04 Å². The molecule has 0 bridgehead atoms. The molecule has 1 aliphatic heterocycles. The van der Waals surface area contributed by atoms with Crippen LogP contribution < -0.4 is 10.2 Å². The van der Waals surface area contributed by atoms with Crippen LogP contribution in [0.1, 0.15) is 30.0 Å². The maximum Gasteiger partial charge on any atom is 0.318 e. The smallest absolute Gasteiger partial charge is 0.318 e. The lowest BCUT2D eigenvalue weighted by Gasteiger charge is -2.36. The monoisotopic (exact) mass is 358 g/mol. The van der Waals surface area contributed by atoms with E-state index in [1.807, 2.05) is 22.6 Å². The molecule has 2 aromatic rings. The average molecular weight is 358 g/mol. The third-order valence-electron chi connectivity index (χ3n) is 5.29. The summed E-state index contributed by atoms with van der Waals surface area (Å²) >= 11 is 0. The number of aromatic nitrogens is 3. The second kappa shape index (κ2) is 6.93. The van der Waals surface area contributed by atoms with Crippen LogP contribution in [0.15, 0.2) is 24.5 Å². The van der Waals surface area contributed by atoms with Gasteiger partial charge in [0.2, 0.25) is 5.95 Å². The minimum absolute atomic E-state index is 0.0790. The summed E-state index contributed by atoms with van der Waals surface area (Å²) in [6.45, 7) is 2.69. The van der Waals surface area contributed by atoms with Crippen molar-refractivity contribution in [1.29, 1.82) is 0 Å². The van der Waals surface area contributed by atoms with Gasteiger partial charge in [0.15, 0.2) is 0 Å². The first-order valence-electron chi connectivity index (χ1n) is 9.05. The van der Waals surface area contributed by atoms with Crippen molar-refractivity contribution in [3.63, 3.8) is 0 Å². The molecule has 1 fully saturated rings. The van der Waals surface area contributed by atoms with Crippen molar-refractivity contribution in [2.24, 2.45) is 7.05 Å². The Morgan fingerprint density at radius 1 is 1.27 bits per heavy atom. The van der Waals surface area contributed by atoms with Gasteiger partial charge in [-0.15, -0.1) is 10.2 Å². The molecule has 1 saturated heterocycles. The molecule has 0 saturated carbocycles. The van der Waals surface area contributed by atoms with Crippen LogP contribution in [-0.4, -0.2) is 51.9 Å². The van der Waals surface area contributed by atoms with E-state index in [1.165, 1.54) is 6.07 Å². The molecule has 4 rings (SSSR count). The van der Waals surface area contributed by atoms with E-state index in [2.05, 4.69) is 20.4 Å². The number of amides is 2. The third kappa shape index (κ3) is 3.11. The number of urea groups is 1. The van der Waals surface area contributed by atoms with Crippen LogP contribution in [0, 0.1) is 5.82 Å². The summed E-state index contributed by atoms with van der Waals surface area (Å²) in [5, 5.41) is 11.1. The third-order valence-corrected chi connectivity index (χ3v) is 5.29. The highest BCUT2D eigenvalue weighted by atomic mass is 19.1. The van der Waals surface area contributed by atoms with Gasteiger partial charge < -0.3 is 19.7 Å². The summed E-state index contributed by atoms with van der Waals surface area (Å²) in [5.41, 5.74) is 1.67. The highest BCUT2D eigenvalue weighted by Crippen LogP contribution is 2.31. The summed E-state index contributed by atoms with van der Waals surface area (Å²) in [5.74, 6) is 0.653. The molecule has 1 aromatic heterocycles. The van der Waals surface area contributed by atoms with Crippen LogP contribution >= 0.6 is 0 Å². The van der Waals surface area contributed by atoms with Crippen molar-refractivity contribution in [3.05, 3.63) is 41.5 Å². The highest BCUT2D eigenvalue weighted by molar-refractivity contribution is 5.75. The Bertz CT molecular complexity index is 799. The predicted octanol–water partition coefficient (Wildman–Crippen LogP) is 1.86. The van der Waals surface area contributed by atoms with E-state index < -0.39 is 0 Å². The molecular formula is C18H23FN6O. The summed E-state index contributed by atoms with van der Waals surface area (Å²) in [6.07, 6.45) is 4.15. The lowest BCUT2D eigenvalue weighted by atomic mass is 9.87. The quantitative estimate of drug-likeness (QED) is 0.890. The largest absolute Gasteiger partial charge is 0.337 e.